The maximum atomic E-state index is 5.58. The summed E-state index contributed by atoms with van der Waals surface area (Å²) in [4.78, 5) is 0. The van der Waals surface area contributed by atoms with E-state index in [0.717, 1.165) is 11.3 Å². The Hall–Kier alpha value is -1.02. The minimum absolute atomic E-state index is 0.458. The summed E-state index contributed by atoms with van der Waals surface area (Å²) in [7, 11) is 0. The van der Waals surface area contributed by atoms with E-state index in [1.165, 1.54) is 5.56 Å². The summed E-state index contributed by atoms with van der Waals surface area (Å²) in [5.74, 6) is 1.40. The lowest BCUT2D eigenvalue weighted by molar-refractivity contribution is 0.323. The first-order valence-corrected chi connectivity index (χ1v) is 5.00. The molecule has 0 atom stereocenters. The van der Waals surface area contributed by atoms with Crippen LogP contribution in [-0.2, 0) is 0 Å². The second-order valence-electron chi connectivity index (χ2n) is 3.73. The lowest BCUT2D eigenvalue weighted by atomic mass is 10.0. The second kappa shape index (κ2) is 5.01. The van der Waals surface area contributed by atoms with Gasteiger partial charge in [0.05, 0.1) is 0 Å². The van der Waals surface area contributed by atoms with Crippen molar-refractivity contribution in [3.05, 3.63) is 29.3 Å². The Balaban J connectivity index is 2.91. The Labute approximate surface area is 86.1 Å². The highest BCUT2D eigenvalue weighted by Gasteiger charge is 2.07. The van der Waals surface area contributed by atoms with Gasteiger partial charge in [0.15, 0.2) is 0 Å². The molecule has 0 heterocycles. The van der Waals surface area contributed by atoms with Crippen molar-refractivity contribution in [2.24, 2.45) is 5.73 Å². The first kappa shape index (κ1) is 11.1. The van der Waals surface area contributed by atoms with Crippen molar-refractivity contribution in [2.45, 2.75) is 26.7 Å². The second-order valence-corrected chi connectivity index (χ2v) is 3.73. The molecule has 0 amide bonds. The van der Waals surface area contributed by atoms with Crippen LogP contribution in [0, 0.1) is 13.0 Å². The molecule has 0 aliphatic heterocycles. The molecule has 0 aromatic heterocycles. The van der Waals surface area contributed by atoms with E-state index in [1.807, 2.05) is 19.1 Å². The van der Waals surface area contributed by atoms with Crippen molar-refractivity contribution in [1.82, 2.24) is 0 Å². The quantitative estimate of drug-likeness (QED) is 0.794. The largest absolute Gasteiger partial charge is 0.492 e. The van der Waals surface area contributed by atoms with Crippen LogP contribution in [0.1, 0.15) is 30.9 Å². The highest BCUT2D eigenvalue weighted by atomic mass is 16.5. The summed E-state index contributed by atoms with van der Waals surface area (Å²) in [6.07, 6.45) is 0. The lowest BCUT2D eigenvalue weighted by Crippen LogP contribution is -2.11. The van der Waals surface area contributed by atoms with Crippen LogP contribution in [-0.4, -0.2) is 13.2 Å². The number of aryl methyl sites for hydroxylation is 1. The number of rotatable bonds is 4. The highest BCUT2D eigenvalue weighted by Crippen LogP contribution is 2.26. The van der Waals surface area contributed by atoms with Crippen LogP contribution in [0.5, 0.6) is 5.75 Å². The van der Waals surface area contributed by atoms with Crippen molar-refractivity contribution in [3.8, 4) is 5.75 Å². The molecule has 0 spiro atoms. The lowest BCUT2D eigenvalue weighted by Gasteiger charge is -2.13. The summed E-state index contributed by atoms with van der Waals surface area (Å²) < 4.78 is 5.58. The van der Waals surface area contributed by atoms with Crippen LogP contribution in [0.4, 0.5) is 0 Å². The Morgan fingerprint density at radius 1 is 1.50 bits per heavy atom. The predicted molar refractivity (Wildman–Crippen MR) is 58.7 cm³/mol. The average Bonchev–Trinajstić information content (AvgIpc) is 2.14. The van der Waals surface area contributed by atoms with E-state index in [1.54, 1.807) is 0 Å². The molecule has 0 saturated heterocycles. The van der Waals surface area contributed by atoms with Crippen LogP contribution >= 0.6 is 0 Å². The number of benzene rings is 1. The van der Waals surface area contributed by atoms with E-state index in [4.69, 9.17) is 10.5 Å². The average molecular weight is 192 g/mol. The maximum Gasteiger partial charge on any atom is 0.123 e. The van der Waals surface area contributed by atoms with Gasteiger partial charge in [-0.05, 0) is 42.2 Å². The highest BCUT2D eigenvalue weighted by molar-refractivity contribution is 5.38. The third-order valence-corrected chi connectivity index (χ3v) is 2.08. The van der Waals surface area contributed by atoms with Crippen LogP contribution in [0.25, 0.3) is 0 Å². The molecule has 2 nitrogen and oxygen atoms in total. The summed E-state index contributed by atoms with van der Waals surface area (Å²) in [6.45, 7) is 7.43. The van der Waals surface area contributed by atoms with Gasteiger partial charge in [0, 0.05) is 6.54 Å². The van der Waals surface area contributed by atoms with Gasteiger partial charge < -0.3 is 10.5 Å². The third-order valence-electron chi connectivity index (χ3n) is 2.08. The van der Waals surface area contributed by atoms with Gasteiger partial charge in [-0.2, -0.15) is 0 Å². The van der Waals surface area contributed by atoms with Crippen LogP contribution < -0.4 is 10.5 Å². The van der Waals surface area contributed by atoms with Crippen molar-refractivity contribution in [1.29, 1.82) is 0 Å². The van der Waals surface area contributed by atoms with Gasteiger partial charge in [0.1, 0.15) is 12.4 Å². The Morgan fingerprint density at radius 2 is 2.21 bits per heavy atom. The normalized spacial score (nSPS) is 10.6. The molecular formula is C12H18NO. The maximum absolute atomic E-state index is 5.58. The minimum Gasteiger partial charge on any atom is -0.492 e. The molecule has 2 heteroatoms. The molecule has 1 radical (unpaired) electrons. The molecule has 0 saturated carbocycles. The molecule has 0 aliphatic rings. The van der Waals surface area contributed by atoms with Gasteiger partial charge in [-0.3, -0.25) is 0 Å². The molecule has 0 fully saturated rings. The first-order chi connectivity index (χ1) is 6.65. The molecule has 1 aromatic rings. The van der Waals surface area contributed by atoms with E-state index >= 15 is 0 Å². The van der Waals surface area contributed by atoms with E-state index < -0.39 is 0 Å². The van der Waals surface area contributed by atoms with E-state index in [0.29, 0.717) is 19.1 Å². The molecule has 2 N–H and O–H groups in total. The fraction of sp³-hybridized carbons (Fsp3) is 0.500. The van der Waals surface area contributed by atoms with Crippen molar-refractivity contribution in [2.75, 3.05) is 13.2 Å². The summed E-state index contributed by atoms with van der Waals surface area (Å²) in [5, 5.41) is 0. The Morgan fingerprint density at radius 3 is 2.79 bits per heavy atom. The standard InChI is InChI=1S/C12H18NO/c1-9(2)11-5-4-10(3)8-12(11)14-7-6-13/h5,8-9H,6-7,13H2,1-3H3. The molecule has 1 aromatic carbocycles. The van der Waals surface area contributed by atoms with Gasteiger partial charge in [0.2, 0.25) is 0 Å². The number of hydrogen-bond donors (Lipinski definition) is 1. The molecule has 14 heavy (non-hydrogen) atoms. The predicted octanol–water partition coefficient (Wildman–Crippen LogP) is 2.26. The monoisotopic (exact) mass is 192 g/mol. The third kappa shape index (κ3) is 2.74. The van der Waals surface area contributed by atoms with Crippen molar-refractivity contribution in [3.63, 3.8) is 0 Å². The molecule has 0 bridgehead atoms. The van der Waals surface area contributed by atoms with Gasteiger partial charge in [-0.1, -0.05) is 13.8 Å². The molecule has 0 aliphatic carbocycles. The van der Waals surface area contributed by atoms with Gasteiger partial charge in [-0.25, -0.2) is 0 Å². The van der Waals surface area contributed by atoms with Crippen LogP contribution in [0.3, 0.4) is 0 Å². The van der Waals surface area contributed by atoms with E-state index in [2.05, 4.69) is 19.9 Å². The molecule has 0 unspecified atom stereocenters. The summed E-state index contributed by atoms with van der Waals surface area (Å²) >= 11 is 0. The zero-order valence-electron chi connectivity index (χ0n) is 9.13. The minimum atomic E-state index is 0.458. The Kier molecular flexibility index (Phi) is 3.96. The van der Waals surface area contributed by atoms with Gasteiger partial charge in [0.25, 0.3) is 0 Å². The first-order valence-electron chi connectivity index (χ1n) is 5.00. The van der Waals surface area contributed by atoms with Gasteiger partial charge in [-0.15, -0.1) is 0 Å². The zero-order valence-corrected chi connectivity index (χ0v) is 9.13. The topological polar surface area (TPSA) is 35.2 Å². The van der Waals surface area contributed by atoms with Gasteiger partial charge >= 0.3 is 0 Å². The van der Waals surface area contributed by atoms with Crippen molar-refractivity contribution < 1.29 is 4.74 Å². The fourth-order valence-corrected chi connectivity index (χ4v) is 1.33. The number of ether oxygens (including phenoxy) is 1. The van der Waals surface area contributed by atoms with E-state index in [9.17, 15) is 0 Å². The molecule has 1 rings (SSSR count). The van der Waals surface area contributed by atoms with Crippen molar-refractivity contribution >= 4 is 0 Å². The number of hydrogen-bond acceptors (Lipinski definition) is 2. The fourth-order valence-electron chi connectivity index (χ4n) is 1.33. The van der Waals surface area contributed by atoms with E-state index in [-0.39, 0.29) is 0 Å². The van der Waals surface area contributed by atoms with Crippen LogP contribution in [0.2, 0.25) is 0 Å². The molecular weight excluding hydrogens is 174 g/mol. The SMILES string of the molecule is Cc1[c]cc(C(C)C)c(OCCN)c1. The summed E-state index contributed by atoms with van der Waals surface area (Å²) in [5.41, 5.74) is 7.70. The molecule has 77 valence electrons. The Bertz CT molecular complexity index is 294. The zero-order chi connectivity index (χ0) is 10.6. The smallest absolute Gasteiger partial charge is 0.123 e. The van der Waals surface area contributed by atoms with Crippen LogP contribution in [0.15, 0.2) is 12.1 Å². The number of nitrogens with two attached hydrogens (primary N) is 1. The summed E-state index contributed by atoms with van der Waals surface area (Å²) in [6, 6.07) is 7.21.